The number of ether oxygens (including phenoxy) is 3. The van der Waals surface area contributed by atoms with Crippen LogP contribution in [0.3, 0.4) is 0 Å². The zero-order valence-corrected chi connectivity index (χ0v) is 32.4. The van der Waals surface area contributed by atoms with Gasteiger partial charge in [0.2, 0.25) is 0 Å². The minimum absolute atomic E-state index is 0.0660. The van der Waals surface area contributed by atoms with Gasteiger partial charge in [-0.05, 0) is 25.2 Å². The molecule has 1 atom stereocenters. The first-order valence-electron chi connectivity index (χ1n) is 20.9. The molecule has 0 N–H and O–H groups in total. The van der Waals surface area contributed by atoms with E-state index in [4.69, 9.17) is 14.2 Å². The summed E-state index contributed by atoms with van der Waals surface area (Å²) in [6.45, 7) is 8.85. The highest BCUT2D eigenvalue weighted by Gasteiger charge is 2.19. The first-order valence-corrected chi connectivity index (χ1v) is 20.9. The van der Waals surface area contributed by atoms with Crippen LogP contribution >= 0.6 is 0 Å². The van der Waals surface area contributed by atoms with Crippen LogP contribution in [0.4, 0.5) is 0 Å². The summed E-state index contributed by atoms with van der Waals surface area (Å²) in [6.07, 6.45) is 34.1. The molecule has 0 saturated heterocycles. The van der Waals surface area contributed by atoms with Gasteiger partial charge in [0, 0.05) is 19.3 Å². The molecule has 0 amide bonds. The lowest BCUT2D eigenvalue weighted by atomic mass is 10.0. The second kappa shape index (κ2) is 36.7. The Kier molecular flexibility index (Phi) is 35.5. The summed E-state index contributed by atoms with van der Waals surface area (Å²) < 4.78 is 16.5. The van der Waals surface area contributed by atoms with Gasteiger partial charge >= 0.3 is 17.9 Å². The van der Waals surface area contributed by atoms with Crippen molar-refractivity contribution in [3.8, 4) is 0 Å². The molecule has 0 aromatic carbocycles. The standard InChI is InChI=1S/C42H80O6/c1-5-7-9-11-12-13-14-15-16-17-18-19-22-26-30-34-41(44)47-37-39(36-46-40(43)33-29-24-10-8-6-2)48-42(45)35-31-27-23-20-21-25-28-32-38(3)4/h38-39H,5-37H2,1-4H3/t39-/m1/s1. The predicted octanol–water partition coefficient (Wildman–Crippen LogP) is 12.8. The van der Waals surface area contributed by atoms with E-state index in [2.05, 4.69) is 27.7 Å². The Morgan fingerprint density at radius 2 is 0.688 bits per heavy atom. The summed E-state index contributed by atoms with van der Waals surface area (Å²) in [4.78, 5) is 37.3. The number of hydrogen-bond acceptors (Lipinski definition) is 6. The monoisotopic (exact) mass is 681 g/mol. The van der Waals surface area contributed by atoms with Crippen LogP contribution in [0.2, 0.25) is 0 Å². The zero-order valence-electron chi connectivity index (χ0n) is 32.4. The fourth-order valence-corrected chi connectivity index (χ4v) is 6.10. The van der Waals surface area contributed by atoms with Gasteiger partial charge in [-0.15, -0.1) is 0 Å². The van der Waals surface area contributed by atoms with E-state index in [9.17, 15) is 14.4 Å². The smallest absolute Gasteiger partial charge is 0.306 e. The van der Waals surface area contributed by atoms with Crippen molar-refractivity contribution < 1.29 is 28.6 Å². The molecule has 0 aromatic rings. The molecule has 0 fully saturated rings. The van der Waals surface area contributed by atoms with E-state index in [1.54, 1.807) is 0 Å². The SMILES string of the molecule is CCCCCCCCCCCCCCCCCC(=O)OC[C@@H](COC(=O)CCCCCCC)OC(=O)CCCCCCCCCC(C)C. The van der Waals surface area contributed by atoms with E-state index in [0.29, 0.717) is 19.3 Å². The molecular weight excluding hydrogens is 600 g/mol. The summed E-state index contributed by atoms with van der Waals surface area (Å²) in [5.41, 5.74) is 0. The number of carbonyl (C=O) groups is 3. The molecule has 0 saturated carbocycles. The Bertz CT molecular complexity index is 721. The van der Waals surface area contributed by atoms with E-state index in [1.165, 1.54) is 116 Å². The van der Waals surface area contributed by atoms with Gasteiger partial charge in [-0.1, -0.05) is 188 Å². The number of esters is 3. The van der Waals surface area contributed by atoms with Crippen LogP contribution < -0.4 is 0 Å². The number of unbranched alkanes of at least 4 members (excludes halogenated alkanes) is 24. The molecule has 0 bridgehead atoms. The highest BCUT2D eigenvalue weighted by molar-refractivity contribution is 5.71. The van der Waals surface area contributed by atoms with Crippen LogP contribution in [-0.2, 0) is 28.6 Å². The molecular formula is C42H80O6. The van der Waals surface area contributed by atoms with Crippen LogP contribution in [0.1, 0.15) is 227 Å². The fourth-order valence-electron chi connectivity index (χ4n) is 6.10. The molecule has 0 aliphatic rings. The summed E-state index contributed by atoms with van der Waals surface area (Å²) >= 11 is 0. The first kappa shape index (κ1) is 46.4. The third-order valence-electron chi connectivity index (χ3n) is 9.29. The molecule has 48 heavy (non-hydrogen) atoms. The lowest BCUT2D eigenvalue weighted by Crippen LogP contribution is -2.30. The van der Waals surface area contributed by atoms with Gasteiger partial charge in [0.25, 0.3) is 0 Å². The molecule has 0 unspecified atom stereocenters. The second-order valence-electron chi connectivity index (χ2n) is 14.7. The van der Waals surface area contributed by atoms with Crippen LogP contribution in [-0.4, -0.2) is 37.2 Å². The van der Waals surface area contributed by atoms with Crippen molar-refractivity contribution in [2.75, 3.05) is 13.2 Å². The highest BCUT2D eigenvalue weighted by atomic mass is 16.6. The average Bonchev–Trinajstić information content (AvgIpc) is 3.06. The van der Waals surface area contributed by atoms with Crippen molar-refractivity contribution in [1.82, 2.24) is 0 Å². The fraction of sp³-hybridized carbons (Fsp3) is 0.929. The molecule has 0 rings (SSSR count). The number of hydrogen-bond donors (Lipinski definition) is 0. The Balaban J connectivity index is 4.19. The highest BCUT2D eigenvalue weighted by Crippen LogP contribution is 2.15. The number of rotatable bonds is 37. The van der Waals surface area contributed by atoms with Crippen molar-refractivity contribution in [2.45, 2.75) is 233 Å². The Morgan fingerprint density at radius 1 is 0.396 bits per heavy atom. The maximum absolute atomic E-state index is 12.6. The average molecular weight is 681 g/mol. The lowest BCUT2D eigenvalue weighted by Gasteiger charge is -2.18. The van der Waals surface area contributed by atoms with E-state index >= 15 is 0 Å². The van der Waals surface area contributed by atoms with Crippen LogP contribution in [0, 0.1) is 5.92 Å². The lowest BCUT2D eigenvalue weighted by molar-refractivity contribution is -0.167. The summed E-state index contributed by atoms with van der Waals surface area (Å²) in [7, 11) is 0. The molecule has 0 radical (unpaired) electrons. The molecule has 0 spiro atoms. The maximum atomic E-state index is 12.6. The van der Waals surface area contributed by atoms with Crippen LogP contribution in [0.15, 0.2) is 0 Å². The minimum atomic E-state index is -0.757. The van der Waals surface area contributed by atoms with Crippen molar-refractivity contribution in [3.63, 3.8) is 0 Å². The quantitative estimate of drug-likeness (QED) is 0.0369. The molecule has 6 nitrogen and oxygen atoms in total. The van der Waals surface area contributed by atoms with Gasteiger partial charge in [-0.2, -0.15) is 0 Å². The summed E-state index contributed by atoms with van der Waals surface area (Å²) in [5, 5.41) is 0. The molecule has 0 heterocycles. The normalized spacial score (nSPS) is 11.9. The van der Waals surface area contributed by atoms with E-state index < -0.39 is 6.10 Å². The van der Waals surface area contributed by atoms with Crippen molar-refractivity contribution >= 4 is 17.9 Å². The minimum Gasteiger partial charge on any atom is -0.462 e. The van der Waals surface area contributed by atoms with Gasteiger partial charge in [0.15, 0.2) is 6.10 Å². The van der Waals surface area contributed by atoms with E-state index in [1.807, 2.05) is 0 Å². The van der Waals surface area contributed by atoms with Crippen molar-refractivity contribution in [3.05, 3.63) is 0 Å². The molecule has 6 heteroatoms. The zero-order chi connectivity index (χ0) is 35.3. The first-order chi connectivity index (χ1) is 23.4. The largest absolute Gasteiger partial charge is 0.462 e. The summed E-state index contributed by atoms with van der Waals surface area (Å²) in [6, 6.07) is 0. The number of carbonyl (C=O) groups excluding carboxylic acids is 3. The van der Waals surface area contributed by atoms with Crippen LogP contribution in [0.25, 0.3) is 0 Å². The maximum Gasteiger partial charge on any atom is 0.306 e. The molecule has 0 aliphatic heterocycles. The Hall–Kier alpha value is -1.59. The topological polar surface area (TPSA) is 78.9 Å². The van der Waals surface area contributed by atoms with Gasteiger partial charge in [0.05, 0.1) is 0 Å². The molecule has 0 aliphatic carbocycles. The van der Waals surface area contributed by atoms with Gasteiger partial charge in [-0.25, -0.2) is 0 Å². The van der Waals surface area contributed by atoms with E-state index in [0.717, 1.165) is 70.1 Å². The van der Waals surface area contributed by atoms with E-state index in [-0.39, 0.29) is 31.1 Å². The predicted molar refractivity (Wildman–Crippen MR) is 201 cm³/mol. The third-order valence-corrected chi connectivity index (χ3v) is 9.29. The van der Waals surface area contributed by atoms with Gasteiger partial charge in [-0.3, -0.25) is 14.4 Å². The summed E-state index contributed by atoms with van der Waals surface area (Å²) in [5.74, 6) is -0.0984. The third kappa shape index (κ3) is 35.7. The Labute approximate surface area is 298 Å². The Morgan fingerprint density at radius 3 is 1.02 bits per heavy atom. The van der Waals surface area contributed by atoms with Crippen molar-refractivity contribution in [1.29, 1.82) is 0 Å². The van der Waals surface area contributed by atoms with Crippen LogP contribution in [0.5, 0.6) is 0 Å². The van der Waals surface area contributed by atoms with Gasteiger partial charge < -0.3 is 14.2 Å². The van der Waals surface area contributed by atoms with Crippen molar-refractivity contribution in [2.24, 2.45) is 5.92 Å². The second-order valence-corrected chi connectivity index (χ2v) is 14.7. The van der Waals surface area contributed by atoms with Gasteiger partial charge in [0.1, 0.15) is 13.2 Å². The molecule has 284 valence electrons. The molecule has 0 aromatic heterocycles.